The molecule has 0 aliphatic heterocycles. The second kappa shape index (κ2) is 6.74. The smallest absolute Gasteiger partial charge is 0.317 e. The molecular weight excluding hydrogens is 238 g/mol. The van der Waals surface area contributed by atoms with Gasteiger partial charge in [-0.25, -0.2) is 0 Å². The molecule has 1 rings (SSSR count). The lowest BCUT2D eigenvalue weighted by atomic mass is 9.76. The molecule has 19 heavy (non-hydrogen) atoms. The molecule has 1 saturated carbocycles. The average molecular weight is 269 g/mol. The molecule has 0 aromatic heterocycles. The molecular formula is C16H31NO2. The maximum Gasteiger partial charge on any atom is 0.317 e. The van der Waals surface area contributed by atoms with Crippen LogP contribution in [-0.2, 0) is 4.79 Å². The quantitative estimate of drug-likeness (QED) is 0.790. The second-order valence-corrected chi connectivity index (χ2v) is 7.38. The third-order valence-electron chi connectivity index (χ3n) is 4.61. The van der Waals surface area contributed by atoms with Crippen molar-refractivity contribution in [2.24, 2.45) is 11.3 Å². The molecule has 1 fully saturated rings. The van der Waals surface area contributed by atoms with Gasteiger partial charge in [0.15, 0.2) is 0 Å². The van der Waals surface area contributed by atoms with E-state index in [1.807, 2.05) is 0 Å². The van der Waals surface area contributed by atoms with Crippen LogP contribution in [-0.4, -0.2) is 34.6 Å². The van der Waals surface area contributed by atoms with Crippen molar-refractivity contribution < 1.29 is 9.90 Å². The average Bonchev–Trinajstić information content (AvgIpc) is 2.49. The van der Waals surface area contributed by atoms with Gasteiger partial charge < -0.3 is 5.11 Å². The number of carboxylic acids is 1. The fourth-order valence-corrected chi connectivity index (χ4v) is 3.37. The Morgan fingerprint density at radius 1 is 1.21 bits per heavy atom. The number of nitrogens with zero attached hydrogens (tertiary/aromatic N) is 1. The van der Waals surface area contributed by atoms with Gasteiger partial charge in [-0.1, -0.05) is 27.2 Å². The summed E-state index contributed by atoms with van der Waals surface area (Å²) in [5, 5.41) is 9.07. The molecule has 0 bridgehead atoms. The summed E-state index contributed by atoms with van der Waals surface area (Å²) >= 11 is 0. The first kappa shape index (κ1) is 16.5. The molecule has 1 N–H and O–H groups in total. The van der Waals surface area contributed by atoms with Crippen LogP contribution in [0.1, 0.15) is 66.7 Å². The number of carboxylic acid groups (broad SMARTS) is 1. The fraction of sp³-hybridized carbons (Fsp3) is 0.938. The van der Waals surface area contributed by atoms with Crippen molar-refractivity contribution in [3.8, 4) is 0 Å². The zero-order valence-electron chi connectivity index (χ0n) is 13.3. The molecule has 0 amide bonds. The van der Waals surface area contributed by atoms with Gasteiger partial charge in [0.1, 0.15) is 0 Å². The minimum absolute atomic E-state index is 0.183. The van der Waals surface area contributed by atoms with Crippen molar-refractivity contribution in [3.05, 3.63) is 0 Å². The Labute approximate surface area is 118 Å². The molecule has 0 aromatic rings. The van der Waals surface area contributed by atoms with Crippen LogP contribution in [0.5, 0.6) is 0 Å². The molecule has 1 aliphatic carbocycles. The van der Waals surface area contributed by atoms with E-state index in [0.29, 0.717) is 17.5 Å². The monoisotopic (exact) mass is 269 g/mol. The normalized spacial score (nSPS) is 25.6. The lowest BCUT2D eigenvalue weighted by molar-refractivity contribution is -0.139. The highest BCUT2D eigenvalue weighted by atomic mass is 16.4. The maximum atomic E-state index is 11.0. The second-order valence-electron chi connectivity index (χ2n) is 7.38. The third kappa shape index (κ3) is 5.13. The number of carbonyl (C=O) groups is 1. The van der Waals surface area contributed by atoms with E-state index in [4.69, 9.17) is 5.11 Å². The highest BCUT2D eigenvalue weighted by Gasteiger charge is 2.31. The number of aliphatic carboxylic acids is 1. The number of hydrogen-bond donors (Lipinski definition) is 1. The summed E-state index contributed by atoms with van der Waals surface area (Å²) in [5.74, 6) is 0.0710. The van der Waals surface area contributed by atoms with Crippen LogP contribution in [0.3, 0.4) is 0 Å². The predicted molar refractivity (Wildman–Crippen MR) is 79.3 cm³/mol. The first-order valence-corrected chi connectivity index (χ1v) is 7.69. The van der Waals surface area contributed by atoms with Crippen molar-refractivity contribution in [1.29, 1.82) is 0 Å². The largest absolute Gasteiger partial charge is 0.480 e. The van der Waals surface area contributed by atoms with Crippen LogP contribution in [0, 0.1) is 11.3 Å². The Morgan fingerprint density at radius 2 is 1.84 bits per heavy atom. The third-order valence-corrected chi connectivity index (χ3v) is 4.61. The molecule has 112 valence electrons. The lowest BCUT2D eigenvalue weighted by Crippen LogP contribution is -2.43. The summed E-state index contributed by atoms with van der Waals surface area (Å²) in [7, 11) is 0. The van der Waals surface area contributed by atoms with E-state index in [1.54, 1.807) is 0 Å². The van der Waals surface area contributed by atoms with Gasteiger partial charge in [0.25, 0.3) is 0 Å². The van der Waals surface area contributed by atoms with Crippen LogP contribution in [0.4, 0.5) is 0 Å². The number of rotatable bonds is 4. The van der Waals surface area contributed by atoms with E-state index < -0.39 is 5.97 Å². The highest BCUT2D eigenvalue weighted by Crippen LogP contribution is 2.38. The van der Waals surface area contributed by atoms with E-state index in [9.17, 15) is 4.79 Å². The van der Waals surface area contributed by atoms with Crippen LogP contribution < -0.4 is 0 Å². The van der Waals surface area contributed by atoms with E-state index in [1.165, 1.54) is 19.3 Å². The number of hydrogen-bond acceptors (Lipinski definition) is 2. The first-order valence-electron chi connectivity index (χ1n) is 7.69. The summed E-state index contributed by atoms with van der Waals surface area (Å²) in [6.07, 6.45) is 6.05. The zero-order valence-corrected chi connectivity index (χ0v) is 13.3. The Bertz CT molecular complexity index is 294. The van der Waals surface area contributed by atoms with Crippen LogP contribution >= 0.6 is 0 Å². The van der Waals surface area contributed by atoms with Gasteiger partial charge in [-0.3, -0.25) is 9.69 Å². The summed E-state index contributed by atoms with van der Waals surface area (Å²) < 4.78 is 0. The van der Waals surface area contributed by atoms with E-state index in [0.717, 1.165) is 18.8 Å². The lowest BCUT2D eigenvalue weighted by Gasteiger charge is -2.34. The molecule has 0 spiro atoms. The zero-order chi connectivity index (χ0) is 14.6. The van der Waals surface area contributed by atoms with Crippen LogP contribution in [0.25, 0.3) is 0 Å². The molecule has 0 radical (unpaired) electrons. The molecule has 0 saturated heterocycles. The van der Waals surface area contributed by atoms with Gasteiger partial charge in [0.05, 0.1) is 6.54 Å². The van der Waals surface area contributed by atoms with Crippen molar-refractivity contribution in [2.75, 3.05) is 6.54 Å². The summed E-state index contributed by atoms with van der Waals surface area (Å²) in [5.41, 5.74) is 0.379. The molecule has 3 heteroatoms. The van der Waals surface area contributed by atoms with Crippen molar-refractivity contribution in [1.82, 2.24) is 4.90 Å². The van der Waals surface area contributed by atoms with E-state index in [2.05, 4.69) is 39.5 Å². The summed E-state index contributed by atoms with van der Waals surface area (Å²) in [6.45, 7) is 11.4. The summed E-state index contributed by atoms with van der Waals surface area (Å²) in [6, 6.07) is 0.760. The van der Waals surface area contributed by atoms with Crippen molar-refractivity contribution in [2.45, 2.75) is 78.8 Å². The summed E-state index contributed by atoms with van der Waals surface area (Å²) in [4.78, 5) is 13.2. The Hall–Kier alpha value is -0.570. The fourth-order valence-electron chi connectivity index (χ4n) is 3.37. The minimum Gasteiger partial charge on any atom is -0.480 e. The van der Waals surface area contributed by atoms with Gasteiger partial charge in [0, 0.05) is 12.1 Å². The minimum atomic E-state index is -0.703. The van der Waals surface area contributed by atoms with Gasteiger partial charge in [0.2, 0.25) is 0 Å². The van der Waals surface area contributed by atoms with Crippen LogP contribution in [0.15, 0.2) is 0 Å². The van der Waals surface area contributed by atoms with Gasteiger partial charge in [-0.2, -0.15) is 0 Å². The van der Waals surface area contributed by atoms with E-state index >= 15 is 0 Å². The molecule has 3 nitrogen and oxygen atoms in total. The SMILES string of the molecule is CC(C)N(CC(=O)O)C1CCCC(C(C)(C)C)CC1. The molecule has 0 aromatic carbocycles. The van der Waals surface area contributed by atoms with Crippen LogP contribution in [0.2, 0.25) is 0 Å². The highest BCUT2D eigenvalue weighted by molar-refractivity contribution is 5.69. The van der Waals surface area contributed by atoms with Crippen molar-refractivity contribution >= 4 is 5.97 Å². The maximum absolute atomic E-state index is 11.0. The predicted octanol–water partition coefficient (Wildman–Crippen LogP) is 3.78. The van der Waals surface area contributed by atoms with Crippen molar-refractivity contribution in [3.63, 3.8) is 0 Å². The van der Waals surface area contributed by atoms with Gasteiger partial charge in [-0.15, -0.1) is 0 Å². The Balaban J connectivity index is 2.66. The first-order chi connectivity index (χ1) is 8.71. The topological polar surface area (TPSA) is 40.5 Å². The molecule has 1 aliphatic rings. The van der Waals surface area contributed by atoms with Gasteiger partial charge in [-0.05, 0) is 50.9 Å². The molecule has 0 heterocycles. The Morgan fingerprint density at radius 3 is 2.32 bits per heavy atom. The van der Waals surface area contributed by atoms with Gasteiger partial charge >= 0.3 is 5.97 Å². The Kier molecular flexibility index (Phi) is 5.84. The molecule has 2 unspecified atom stereocenters. The van der Waals surface area contributed by atoms with E-state index in [-0.39, 0.29) is 6.54 Å². The molecule has 2 atom stereocenters. The standard InChI is InChI=1S/C16H31NO2/c1-12(2)17(11-15(18)19)14-8-6-7-13(9-10-14)16(3,4)5/h12-14H,6-11H2,1-5H3,(H,18,19).